The zero-order chi connectivity index (χ0) is 21.1. The minimum atomic E-state index is -0.872. The first-order valence-electron chi connectivity index (χ1n) is 8.79. The third kappa shape index (κ3) is 4.42. The third-order valence-corrected chi connectivity index (χ3v) is 5.19. The Bertz CT molecular complexity index is 958. The first-order valence-corrected chi connectivity index (χ1v) is 9.58. The summed E-state index contributed by atoms with van der Waals surface area (Å²) in [6, 6.07) is 5.07. The topological polar surface area (TPSA) is 79.6 Å². The molecule has 1 amide bonds. The van der Waals surface area contributed by atoms with Gasteiger partial charge in [0.2, 0.25) is 0 Å². The Morgan fingerprint density at radius 3 is 2.86 bits per heavy atom. The molecule has 0 bridgehead atoms. The first-order chi connectivity index (χ1) is 13.8. The number of carbonyl (C=O) groups is 1. The van der Waals surface area contributed by atoms with Gasteiger partial charge in [-0.3, -0.25) is 4.79 Å². The fraction of sp³-hybridized carbons (Fsp3) is 0.316. The number of nitrogens with zero attached hydrogens (tertiary/aromatic N) is 2. The fourth-order valence-electron chi connectivity index (χ4n) is 3.14. The highest BCUT2D eigenvalue weighted by Gasteiger charge is 2.36. The van der Waals surface area contributed by atoms with Crippen LogP contribution in [0.1, 0.15) is 24.3 Å². The van der Waals surface area contributed by atoms with Crippen molar-refractivity contribution in [2.45, 2.75) is 19.9 Å². The molecule has 2 aromatic rings. The average molecular weight is 439 g/mol. The molecule has 154 valence electrons. The van der Waals surface area contributed by atoms with Crippen LogP contribution in [0.2, 0.25) is 5.02 Å². The smallest absolute Gasteiger partial charge is 0.257 e. The monoisotopic (exact) mass is 438 g/mol. The van der Waals surface area contributed by atoms with Gasteiger partial charge in [-0.05, 0) is 38.2 Å². The van der Waals surface area contributed by atoms with E-state index >= 15 is 0 Å². The van der Waals surface area contributed by atoms with Gasteiger partial charge in [0.05, 0.1) is 18.2 Å². The van der Waals surface area contributed by atoms with Gasteiger partial charge < -0.3 is 24.8 Å². The third-order valence-electron chi connectivity index (χ3n) is 4.52. The Labute approximate surface area is 177 Å². The van der Waals surface area contributed by atoms with Crippen LogP contribution in [0.4, 0.5) is 10.2 Å². The molecule has 0 fully saturated rings. The molecule has 0 saturated carbocycles. The molecular weight excluding hydrogens is 419 g/mol. The minimum Gasteiger partial charge on any atom is -0.383 e. The summed E-state index contributed by atoms with van der Waals surface area (Å²) < 4.78 is 24.8. The molecule has 0 radical (unpaired) electrons. The van der Waals surface area contributed by atoms with Crippen LogP contribution >= 0.6 is 23.8 Å². The molecule has 2 N–H and O–H groups in total. The number of rotatable bonds is 6. The number of aromatic nitrogens is 1. The Balaban J connectivity index is 2.07. The number of nitrogens with one attached hydrogen (secondary N) is 2. The van der Waals surface area contributed by atoms with E-state index in [1.54, 1.807) is 38.0 Å². The van der Waals surface area contributed by atoms with E-state index in [1.807, 2.05) is 0 Å². The van der Waals surface area contributed by atoms with Crippen LogP contribution in [0.15, 0.2) is 40.1 Å². The number of hydrogen-bond donors (Lipinski definition) is 2. The molecule has 3 rings (SSSR count). The van der Waals surface area contributed by atoms with Crippen LogP contribution in [0, 0.1) is 12.7 Å². The summed E-state index contributed by atoms with van der Waals surface area (Å²) in [5.41, 5.74) is 0.971. The van der Waals surface area contributed by atoms with E-state index in [1.165, 1.54) is 12.1 Å². The second-order valence-electron chi connectivity index (χ2n) is 6.44. The molecule has 0 aliphatic carbocycles. The zero-order valence-corrected chi connectivity index (χ0v) is 17.7. The van der Waals surface area contributed by atoms with Crippen molar-refractivity contribution in [1.82, 2.24) is 15.4 Å². The summed E-state index contributed by atoms with van der Waals surface area (Å²) in [6.07, 6.45) is 0. The van der Waals surface area contributed by atoms with Crippen molar-refractivity contribution < 1.29 is 18.4 Å². The maximum absolute atomic E-state index is 14.7. The summed E-state index contributed by atoms with van der Waals surface area (Å²) >= 11 is 11.7. The van der Waals surface area contributed by atoms with Gasteiger partial charge >= 0.3 is 0 Å². The Hall–Kier alpha value is -2.49. The van der Waals surface area contributed by atoms with Crippen LogP contribution < -0.4 is 10.6 Å². The summed E-state index contributed by atoms with van der Waals surface area (Å²) in [6.45, 7) is 4.27. The van der Waals surface area contributed by atoms with Crippen LogP contribution in [0.5, 0.6) is 0 Å². The summed E-state index contributed by atoms with van der Waals surface area (Å²) in [5.74, 6) is -0.219. The van der Waals surface area contributed by atoms with E-state index in [9.17, 15) is 9.18 Å². The molecule has 1 aliphatic rings. The number of benzene rings is 1. The standard InChI is InChI=1S/C19H20ClFN4O3S/c1-10-9-14(24-28-10)22-18(26)15-11(2)25(7-8-27-3)19(29)23-17(15)16-12(20)5-4-6-13(16)21/h4-6,9,17H,7-8H2,1-3H3,(H,23,29)(H,22,24,26)/t17-/m0/s1. The number of halogens is 2. The molecule has 10 heteroatoms. The number of allylic oxidation sites excluding steroid dienone is 1. The van der Waals surface area contributed by atoms with Gasteiger partial charge in [0.25, 0.3) is 5.91 Å². The van der Waals surface area contributed by atoms with Crippen molar-refractivity contribution in [2.75, 3.05) is 25.6 Å². The highest BCUT2D eigenvalue weighted by Crippen LogP contribution is 2.36. The van der Waals surface area contributed by atoms with Crippen LogP contribution in [-0.4, -0.2) is 41.3 Å². The number of hydrogen-bond acceptors (Lipinski definition) is 5. The van der Waals surface area contributed by atoms with Gasteiger partial charge in [-0.1, -0.05) is 22.8 Å². The van der Waals surface area contributed by atoms with Gasteiger partial charge in [0.1, 0.15) is 11.6 Å². The molecule has 29 heavy (non-hydrogen) atoms. The van der Waals surface area contributed by atoms with Crippen molar-refractivity contribution >= 4 is 40.7 Å². The lowest BCUT2D eigenvalue weighted by atomic mass is 9.93. The van der Waals surface area contributed by atoms with Crippen LogP contribution in [0.25, 0.3) is 0 Å². The molecule has 7 nitrogen and oxygen atoms in total. The first kappa shape index (κ1) is 21.2. The van der Waals surface area contributed by atoms with E-state index in [-0.39, 0.29) is 22.0 Å². The highest BCUT2D eigenvalue weighted by atomic mass is 35.5. The van der Waals surface area contributed by atoms with E-state index in [2.05, 4.69) is 15.8 Å². The van der Waals surface area contributed by atoms with Gasteiger partial charge in [0, 0.05) is 36.0 Å². The van der Waals surface area contributed by atoms with Gasteiger partial charge in [0.15, 0.2) is 10.9 Å². The average Bonchev–Trinajstić information content (AvgIpc) is 3.06. The maximum Gasteiger partial charge on any atom is 0.257 e. The second kappa shape index (κ2) is 8.89. The van der Waals surface area contributed by atoms with Gasteiger partial charge in [-0.25, -0.2) is 4.39 Å². The number of amides is 1. The lowest BCUT2D eigenvalue weighted by Gasteiger charge is -2.38. The number of methoxy groups -OCH3 is 1. The van der Waals surface area contributed by atoms with Crippen molar-refractivity contribution in [3.63, 3.8) is 0 Å². The van der Waals surface area contributed by atoms with E-state index in [0.717, 1.165) is 0 Å². The summed E-state index contributed by atoms with van der Waals surface area (Å²) in [5, 5.41) is 10.0. The number of carbonyl (C=O) groups excluding carboxylic acids is 1. The van der Waals surface area contributed by atoms with Crippen molar-refractivity contribution in [3.8, 4) is 0 Å². The van der Waals surface area contributed by atoms with E-state index < -0.39 is 17.8 Å². The second-order valence-corrected chi connectivity index (χ2v) is 7.23. The molecule has 1 atom stereocenters. The van der Waals surface area contributed by atoms with Gasteiger partial charge in [-0.15, -0.1) is 0 Å². The zero-order valence-electron chi connectivity index (χ0n) is 16.1. The van der Waals surface area contributed by atoms with Crippen molar-refractivity contribution in [2.24, 2.45) is 0 Å². The SMILES string of the molecule is COCCN1C(=S)N[C@H](c2c(F)cccc2Cl)C(C(=O)Nc2cc(C)on2)=C1C. The van der Waals surface area contributed by atoms with E-state index in [0.29, 0.717) is 29.7 Å². The van der Waals surface area contributed by atoms with Crippen molar-refractivity contribution in [1.29, 1.82) is 0 Å². The molecule has 1 aromatic heterocycles. The number of ether oxygens (including phenoxy) is 1. The molecule has 1 aliphatic heterocycles. The quantitative estimate of drug-likeness (QED) is 0.667. The lowest BCUT2D eigenvalue weighted by molar-refractivity contribution is -0.113. The van der Waals surface area contributed by atoms with Crippen LogP contribution in [0.3, 0.4) is 0 Å². The largest absolute Gasteiger partial charge is 0.383 e. The molecule has 1 aromatic carbocycles. The maximum atomic E-state index is 14.7. The number of aryl methyl sites for hydroxylation is 1. The Kier molecular flexibility index (Phi) is 6.51. The predicted octanol–water partition coefficient (Wildman–Crippen LogP) is 3.57. The minimum absolute atomic E-state index is 0.142. The highest BCUT2D eigenvalue weighted by molar-refractivity contribution is 7.80. The number of anilines is 1. The molecule has 2 heterocycles. The fourth-order valence-corrected chi connectivity index (χ4v) is 3.76. The van der Waals surface area contributed by atoms with Crippen LogP contribution in [-0.2, 0) is 9.53 Å². The summed E-state index contributed by atoms with van der Waals surface area (Å²) in [4.78, 5) is 14.9. The normalized spacial score (nSPS) is 16.8. The predicted molar refractivity (Wildman–Crippen MR) is 111 cm³/mol. The molecule has 0 spiro atoms. The number of thiocarbonyl (C=S) groups is 1. The molecule has 0 saturated heterocycles. The summed E-state index contributed by atoms with van der Waals surface area (Å²) in [7, 11) is 1.57. The molecule has 0 unspecified atom stereocenters. The Morgan fingerprint density at radius 2 is 2.24 bits per heavy atom. The Morgan fingerprint density at radius 1 is 1.48 bits per heavy atom. The lowest BCUT2D eigenvalue weighted by Crippen LogP contribution is -2.49. The van der Waals surface area contributed by atoms with Gasteiger partial charge in [-0.2, -0.15) is 0 Å². The van der Waals surface area contributed by atoms with E-state index in [4.69, 9.17) is 33.1 Å². The van der Waals surface area contributed by atoms with Crippen molar-refractivity contribution in [3.05, 3.63) is 57.7 Å². The molecular formula is C19H20ClFN4O3S.